The summed E-state index contributed by atoms with van der Waals surface area (Å²) in [5, 5.41) is 4.23. The summed E-state index contributed by atoms with van der Waals surface area (Å²) in [5.74, 6) is -0.372. The topological polar surface area (TPSA) is 58.6 Å². The molecule has 0 fully saturated rings. The number of halogens is 2. The van der Waals surface area contributed by atoms with Crippen LogP contribution in [-0.4, -0.2) is 18.9 Å². The summed E-state index contributed by atoms with van der Waals surface area (Å²) in [4.78, 5) is 28.0. The number of nitrogens with zero attached hydrogens (tertiary/aromatic N) is 1. The zero-order chi connectivity index (χ0) is 22.1. The molecular formula is C24H18Cl2N2O3. The first-order chi connectivity index (χ1) is 14.9. The van der Waals surface area contributed by atoms with E-state index in [1.807, 2.05) is 6.92 Å². The minimum Gasteiger partial charge on any atom is -0.497 e. The van der Waals surface area contributed by atoms with Gasteiger partial charge in [-0.15, -0.1) is 0 Å². The maximum atomic E-state index is 13.5. The van der Waals surface area contributed by atoms with Crippen LogP contribution in [0.25, 0.3) is 5.57 Å². The number of ether oxygens (including phenoxy) is 1. The molecule has 3 aromatic carbocycles. The van der Waals surface area contributed by atoms with Crippen LogP contribution in [-0.2, 0) is 9.59 Å². The van der Waals surface area contributed by atoms with E-state index in [1.165, 1.54) is 7.11 Å². The maximum absolute atomic E-state index is 13.5. The summed E-state index contributed by atoms with van der Waals surface area (Å²) in [6.45, 7) is 1.84. The van der Waals surface area contributed by atoms with Crippen LogP contribution in [0.5, 0.6) is 5.75 Å². The predicted octanol–water partition coefficient (Wildman–Crippen LogP) is 5.71. The molecule has 0 spiro atoms. The van der Waals surface area contributed by atoms with E-state index in [0.29, 0.717) is 32.7 Å². The number of carbonyl (C=O) groups excluding carboxylic acids is 2. The molecule has 1 heterocycles. The number of methoxy groups -OCH3 is 1. The first-order valence-electron chi connectivity index (χ1n) is 9.46. The lowest BCUT2D eigenvalue weighted by Gasteiger charge is -2.16. The second-order valence-corrected chi connectivity index (χ2v) is 7.79. The molecule has 4 rings (SSSR count). The van der Waals surface area contributed by atoms with E-state index < -0.39 is 11.8 Å². The van der Waals surface area contributed by atoms with Crippen molar-refractivity contribution in [3.63, 3.8) is 0 Å². The van der Waals surface area contributed by atoms with Crippen molar-refractivity contribution in [3.8, 4) is 5.75 Å². The highest BCUT2D eigenvalue weighted by Gasteiger charge is 2.40. The molecule has 31 heavy (non-hydrogen) atoms. The van der Waals surface area contributed by atoms with E-state index in [2.05, 4.69) is 5.32 Å². The molecule has 0 atom stereocenters. The first kappa shape index (κ1) is 21.0. The van der Waals surface area contributed by atoms with E-state index in [9.17, 15) is 9.59 Å². The van der Waals surface area contributed by atoms with Gasteiger partial charge in [-0.05, 0) is 54.4 Å². The third kappa shape index (κ3) is 3.90. The van der Waals surface area contributed by atoms with Crippen LogP contribution in [0.3, 0.4) is 0 Å². The van der Waals surface area contributed by atoms with Gasteiger partial charge in [-0.25, -0.2) is 4.90 Å². The Morgan fingerprint density at radius 1 is 0.903 bits per heavy atom. The fourth-order valence-corrected chi connectivity index (χ4v) is 3.69. The Morgan fingerprint density at radius 2 is 1.61 bits per heavy atom. The lowest BCUT2D eigenvalue weighted by molar-refractivity contribution is -0.120. The Kier molecular flexibility index (Phi) is 5.72. The zero-order valence-corrected chi connectivity index (χ0v) is 18.3. The summed E-state index contributed by atoms with van der Waals surface area (Å²) in [5.41, 5.74) is 2.83. The van der Waals surface area contributed by atoms with Crippen molar-refractivity contribution >= 4 is 52.0 Å². The van der Waals surface area contributed by atoms with Gasteiger partial charge in [-0.3, -0.25) is 9.59 Å². The molecule has 5 nitrogen and oxygen atoms in total. The quantitative estimate of drug-likeness (QED) is 0.503. The van der Waals surface area contributed by atoms with E-state index in [4.69, 9.17) is 27.9 Å². The number of carbonyl (C=O) groups is 2. The van der Waals surface area contributed by atoms with Gasteiger partial charge in [0.25, 0.3) is 11.8 Å². The number of hydrogen-bond donors (Lipinski definition) is 1. The fourth-order valence-electron chi connectivity index (χ4n) is 3.39. The number of benzene rings is 3. The molecular weight excluding hydrogens is 435 g/mol. The Morgan fingerprint density at radius 3 is 2.32 bits per heavy atom. The lowest BCUT2D eigenvalue weighted by Crippen LogP contribution is -2.32. The number of imide groups is 1. The van der Waals surface area contributed by atoms with E-state index >= 15 is 0 Å². The minimum atomic E-state index is -0.470. The maximum Gasteiger partial charge on any atom is 0.282 e. The molecule has 1 N–H and O–H groups in total. The summed E-state index contributed by atoms with van der Waals surface area (Å²) in [6.07, 6.45) is 0. The molecule has 0 bridgehead atoms. The highest BCUT2D eigenvalue weighted by Crippen LogP contribution is 2.36. The van der Waals surface area contributed by atoms with Crippen LogP contribution < -0.4 is 15.0 Å². The lowest BCUT2D eigenvalue weighted by atomic mass is 10.0. The van der Waals surface area contributed by atoms with Crippen LogP contribution in [0, 0.1) is 6.92 Å². The van der Waals surface area contributed by atoms with Crippen molar-refractivity contribution in [3.05, 3.63) is 93.6 Å². The second kappa shape index (κ2) is 8.46. The smallest absolute Gasteiger partial charge is 0.282 e. The standard InChI is InChI=1S/C24H18Cl2N2O3/c1-14-19(26)7-4-8-20(14)27-22-21(15-9-11-16(25)12-10-15)23(29)28(24(22)30)17-5-3-6-18(13-17)31-2/h3-13,27H,1-2H3. The van der Waals surface area contributed by atoms with Crippen LogP contribution in [0.4, 0.5) is 11.4 Å². The van der Waals surface area contributed by atoms with Gasteiger partial charge in [0.2, 0.25) is 0 Å². The number of hydrogen-bond acceptors (Lipinski definition) is 4. The van der Waals surface area contributed by atoms with Crippen molar-refractivity contribution in [2.45, 2.75) is 6.92 Å². The molecule has 0 saturated heterocycles. The summed E-state index contributed by atoms with van der Waals surface area (Å²) >= 11 is 12.3. The van der Waals surface area contributed by atoms with Gasteiger partial charge in [0.05, 0.1) is 18.4 Å². The van der Waals surface area contributed by atoms with Crippen LogP contribution in [0.1, 0.15) is 11.1 Å². The van der Waals surface area contributed by atoms with Gasteiger partial charge in [0.15, 0.2) is 0 Å². The highest BCUT2D eigenvalue weighted by atomic mass is 35.5. The van der Waals surface area contributed by atoms with Gasteiger partial charge >= 0.3 is 0 Å². The Bertz CT molecular complexity index is 1220. The molecule has 1 aliphatic rings. The average Bonchev–Trinajstić information content (AvgIpc) is 3.01. The van der Waals surface area contributed by atoms with Crippen molar-refractivity contribution < 1.29 is 14.3 Å². The molecule has 2 amide bonds. The summed E-state index contributed by atoms with van der Waals surface area (Å²) in [7, 11) is 1.53. The predicted molar refractivity (Wildman–Crippen MR) is 124 cm³/mol. The number of nitrogens with one attached hydrogen (secondary N) is 1. The Balaban J connectivity index is 1.84. The SMILES string of the molecule is COc1cccc(N2C(=O)C(Nc3cccc(Cl)c3C)=C(c3ccc(Cl)cc3)C2=O)c1. The molecule has 7 heteroatoms. The van der Waals surface area contributed by atoms with Crippen LogP contribution in [0.15, 0.2) is 72.4 Å². The number of rotatable bonds is 5. The largest absolute Gasteiger partial charge is 0.497 e. The summed E-state index contributed by atoms with van der Waals surface area (Å²) in [6, 6.07) is 18.9. The third-order valence-corrected chi connectivity index (χ3v) is 5.72. The van der Waals surface area contributed by atoms with Gasteiger partial charge in [0.1, 0.15) is 11.4 Å². The highest BCUT2D eigenvalue weighted by molar-refractivity contribution is 6.46. The second-order valence-electron chi connectivity index (χ2n) is 6.94. The van der Waals surface area contributed by atoms with Crippen molar-refractivity contribution in [1.29, 1.82) is 0 Å². The van der Waals surface area contributed by atoms with Gasteiger partial charge in [0, 0.05) is 21.8 Å². The molecule has 0 saturated carbocycles. The molecule has 0 aromatic heterocycles. The van der Waals surface area contributed by atoms with E-state index in [-0.39, 0.29) is 11.3 Å². The van der Waals surface area contributed by atoms with Gasteiger partial charge < -0.3 is 10.1 Å². The van der Waals surface area contributed by atoms with E-state index in [0.717, 1.165) is 10.5 Å². The average molecular weight is 453 g/mol. The van der Waals surface area contributed by atoms with Crippen LogP contribution in [0.2, 0.25) is 10.0 Å². The van der Waals surface area contributed by atoms with Crippen molar-refractivity contribution in [1.82, 2.24) is 0 Å². The molecule has 0 aliphatic carbocycles. The Labute approximate surface area is 189 Å². The molecule has 156 valence electrons. The third-order valence-electron chi connectivity index (χ3n) is 5.06. The van der Waals surface area contributed by atoms with Gasteiger partial charge in [-0.1, -0.05) is 47.5 Å². The molecule has 0 radical (unpaired) electrons. The normalized spacial score (nSPS) is 13.7. The monoisotopic (exact) mass is 452 g/mol. The first-order valence-corrected chi connectivity index (χ1v) is 10.2. The molecule has 1 aliphatic heterocycles. The van der Waals surface area contributed by atoms with Crippen molar-refractivity contribution in [2.24, 2.45) is 0 Å². The summed E-state index contributed by atoms with van der Waals surface area (Å²) < 4.78 is 5.25. The number of amides is 2. The Hall–Kier alpha value is -3.28. The number of anilines is 2. The fraction of sp³-hybridized carbons (Fsp3) is 0.0833. The minimum absolute atomic E-state index is 0.167. The van der Waals surface area contributed by atoms with Gasteiger partial charge in [-0.2, -0.15) is 0 Å². The van der Waals surface area contributed by atoms with E-state index in [1.54, 1.807) is 66.7 Å². The molecule has 3 aromatic rings. The zero-order valence-electron chi connectivity index (χ0n) is 16.8. The van der Waals surface area contributed by atoms with Crippen molar-refractivity contribution in [2.75, 3.05) is 17.3 Å². The molecule has 0 unspecified atom stereocenters. The van der Waals surface area contributed by atoms with Crippen LogP contribution >= 0.6 is 23.2 Å².